The van der Waals surface area contributed by atoms with Gasteiger partial charge in [0.05, 0.1) is 12.5 Å². The molecule has 0 radical (unpaired) electrons. The molecule has 4 rings (SSSR count). The van der Waals surface area contributed by atoms with Crippen LogP contribution in [0.2, 0.25) is 0 Å². The Bertz CT molecular complexity index is 1050. The smallest absolute Gasteiger partial charge is 0.226 e. The molecule has 1 fully saturated rings. The maximum atomic E-state index is 14.7. The number of pyridine rings is 1. The second-order valence-electron chi connectivity index (χ2n) is 8.08. The summed E-state index contributed by atoms with van der Waals surface area (Å²) in [7, 11) is 1.72. The van der Waals surface area contributed by atoms with E-state index in [1.165, 1.54) is 6.07 Å². The SMILES string of the molecule is COC1CN(CCOc2ccc(-c3ccc(CC(=O)NCc4ccccc4)nc3)c(F)c2)C1. The molecular formula is C26H28FN3O3. The molecule has 0 saturated carbocycles. The monoisotopic (exact) mass is 449 g/mol. The minimum atomic E-state index is -0.369. The van der Waals surface area contributed by atoms with E-state index in [4.69, 9.17) is 9.47 Å². The van der Waals surface area contributed by atoms with Gasteiger partial charge in [-0.25, -0.2) is 4.39 Å². The summed E-state index contributed by atoms with van der Waals surface area (Å²) in [6.45, 7) is 3.57. The third-order valence-electron chi connectivity index (χ3n) is 5.68. The zero-order valence-electron chi connectivity index (χ0n) is 18.7. The van der Waals surface area contributed by atoms with Gasteiger partial charge < -0.3 is 14.8 Å². The van der Waals surface area contributed by atoms with E-state index >= 15 is 0 Å². The van der Waals surface area contributed by atoms with Crippen molar-refractivity contribution in [2.45, 2.75) is 19.1 Å². The summed E-state index contributed by atoms with van der Waals surface area (Å²) in [5.74, 6) is 0.0218. The van der Waals surface area contributed by atoms with Gasteiger partial charge in [-0.3, -0.25) is 14.7 Å². The molecule has 172 valence electrons. The second kappa shape index (κ2) is 11.0. The van der Waals surface area contributed by atoms with Crippen LogP contribution in [0.1, 0.15) is 11.3 Å². The summed E-state index contributed by atoms with van der Waals surface area (Å²) < 4.78 is 25.6. The Balaban J connectivity index is 1.26. The predicted molar refractivity (Wildman–Crippen MR) is 124 cm³/mol. The number of benzene rings is 2. The average molecular weight is 450 g/mol. The maximum absolute atomic E-state index is 14.7. The van der Waals surface area contributed by atoms with Gasteiger partial charge in [-0.2, -0.15) is 0 Å². The molecular weight excluding hydrogens is 421 g/mol. The van der Waals surface area contributed by atoms with Crippen molar-refractivity contribution >= 4 is 5.91 Å². The van der Waals surface area contributed by atoms with E-state index in [2.05, 4.69) is 15.2 Å². The van der Waals surface area contributed by atoms with Gasteiger partial charge >= 0.3 is 0 Å². The van der Waals surface area contributed by atoms with Crippen LogP contribution in [-0.2, 0) is 22.5 Å². The highest BCUT2D eigenvalue weighted by molar-refractivity contribution is 5.78. The fourth-order valence-electron chi connectivity index (χ4n) is 3.68. The molecule has 1 aromatic heterocycles. The van der Waals surface area contributed by atoms with Gasteiger partial charge in [0.25, 0.3) is 0 Å². The van der Waals surface area contributed by atoms with E-state index in [0.29, 0.717) is 41.8 Å². The molecule has 0 unspecified atom stereocenters. The van der Waals surface area contributed by atoms with Gasteiger partial charge in [0.1, 0.15) is 18.2 Å². The minimum Gasteiger partial charge on any atom is -0.492 e. The summed E-state index contributed by atoms with van der Waals surface area (Å²) in [6, 6.07) is 18.1. The molecule has 1 aliphatic heterocycles. The van der Waals surface area contributed by atoms with Crippen molar-refractivity contribution in [3.05, 3.63) is 83.9 Å². The Labute approximate surface area is 193 Å². The van der Waals surface area contributed by atoms with Crippen LogP contribution in [0.25, 0.3) is 11.1 Å². The highest BCUT2D eigenvalue weighted by Gasteiger charge is 2.25. The molecule has 0 aliphatic carbocycles. The lowest BCUT2D eigenvalue weighted by atomic mass is 10.1. The molecule has 6 nitrogen and oxygen atoms in total. The number of hydrogen-bond donors (Lipinski definition) is 1. The number of carbonyl (C=O) groups is 1. The molecule has 1 aliphatic rings. The van der Waals surface area contributed by atoms with Crippen molar-refractivity contribution in [3.8, 4) is 16.9 Å². The van der Waals surface area contributed by atoms with E-state index < -0.39 is 0 Å². The van der Waals surface area contributed by atoms with Crippen molar-refractivity contribution in [3.63, 3.8) is 0 Å². The van der Waals surface area contributed by atoms with Crippen LogP contribution < -0.4 is 10.1 Å². The normalized spacial score (nSPS) is 14.0. The first-order valence-electron chi connectivity index (χ1n) is 11.0. The number of carbonyl (C=O) groups excluding carboxylic acids is 1. The number of rotatable bonds is 10. The van der Waals surface area contributed by atoms with Crippen LogP contribution >= 0.6 is 0 Å². The van der Waals surface area contributed by atoms with Gasteiger partial charge in [-0.05, 0) is 23.8 Å². The number of hydrogen-bond acceptors (Lipinski definition) is 5. The molecule has 1 amide bonds. The lowest BCUT2D eigenvalue weighted by molar-refractivity contribution is -0.120. The topological polar surface area (TPSA) is 63.7 Å². The minimum absolute atomic E-state index is 0.109. The quantitative estimate of drug-likeness (QED) is 0.514. The number of aromatic nitrogens is 1. The van der Waals surface area contributed by atoms with Crippen LogP contribution in [0.4, 0.5) is 4.39 Å². The standard InChI is InChI=1S/C26H28FN3O3/c1-32-23-17-30(18-23)11-12-33-22-9-10-24(25(27)14-22)20-7-8-21(28-16-20)13-26(31)29-15-19-5-3-2-4-6-19/h2-10,14,16,23H,11-13,15,17-18H2,1H3,(H,29,31). The molecule has 33 heavy (non-hydrogen) atoms. The summed E-state index contributed by atoms with van der Waals surface area (Å²) in [4.78, 5) is 18.7. The number of amides is 1. The van der Waals surface area contributed by atoms with E-state index in [0.717, 1.165) is 25.2 Å². The van der Waals surface area contributed by atoms with E-state index in [1.807, 2.05) is 30.3 Å². The zero-order chi connectivity index (χ0) is 23.0. The van der Waals surface area contributed by atoms with Gasteiger partial charge in [0.2, 0.25) is 5.91 Å². The van der Waals surface area contributed by atoms with Crippen molar-refractivity contribution in [2.75, 3.05) is 33.4 Å². The predicted octanol–water partition coefficient (Wildman–Crippen LogP) is 3.46. The number of methoxy groups -OCH3 is 1. The van der Waals surface area contributed by atoms with Crippen LogP contribution in [0, 0.1) is 5.82 Å². The van der Waals surface area contributed by atoms with Crippen molar-refractivity contribution < 1.29 is 18.7 Å². The molecule has 0 bridgehead atoms. The average Bonchev–Trinajstić information content (AvgIpc) is 2.81. The number of ether oxygens (including phenoxy) is 2. The highest BCUT2D eigenvalue weighted by Crippen LogP contribution is 2.26. The molecule has 0 spiro atoms. The van der Waals surface area contributed by atoms with Crippen LogP contribution in [0.15, 0.2) is 66.9 Å². The maximum Gasteiger partial charge on any atom is 0.226 e. The Kier molecular flexibility index (Phi) is 7.65. The molecule has 7 heteroatoms. The van der Waals surface area contributed by atoms with E-state index in [-0.39, 0.29) is 18.1 Å². The highest BCUT2D eigenvalue weighted by atomic mass is 19.1. The third-order valence-corrected chi connectivity index (χ3v) is 5.68. The largest absolute Gasteiger partial charge is 0.492 e. The van der Waals surface area contributed by atoms with Crippen molar-refractivity contribution in [2.24, 2.45) is 0 Å². The van der Waals surface area contributed by atoms with Gasteiger partial charge in [-0.1, -0.05) is 36.4 Å². The van der Waals surface area contributed by atoms with Gasteiger partial charge in [0, 0.05) is 62.4 Å². The Morgan fingerprint density at radius 3 is 2.67 bits per heavy atom. The molecule has 3 aromatic rings. The molecule has 1 saturated heterocycles. The first-order chi connectivity index (χ1) is 16.1. The Morgan fingerprint density at radius 2 is 1.97 bits per heavy atom. The fourth-order valence-corrected chi connectivity index (χ4v) is 3.68. The number of likely N-dealkylation sites (tertiary alicyclic amines) is 1. The molecule has 1 N–H and O–H groups in total. The Hall–Kier alpha value is -3.29. The van der Waals surface area contributed by atoms with E-state index in [1.54, 1.807) is 37.6 Å². The third kappa shape index (κ3) is 6.37. The summed E-state index contributed by atoms with van der Waals surface area (Å²) in [5, 5.41) is 2.88. The zero-order valence-corrected chi connectivity index (χ0v) is 18.7. The summed E-state index contributed by atoms with van der Waals surface area (Å²) >= 11 is 0. The van der Waals surface area contributed by atoms with Crippen LogP contribution in [0.3, 0.4) is 0 Å². The number of nitrogens with zero attached hydrogens (tertiary/aromatic N) is 2. The lowest BCUT2D eigenvalue weighted by Crippen LogP contribution is -2.52. The van der Waals surface area contributed by atoms with Crippen LogP contribution in [0.5, 0.6) is 5.75 Å². The van der Waals surface area contributed by atoms with Crippen molar-refractivity contribution in [1.82, 2.24) is 15.2 Å². The molecule has 2 heterocycles. The van der Waals surface area contributed by atoms with Crippen LogP contribution in [-0.4, -0.2) is 55.2 Å². The lowest BCUT2D eigenvalue weighted by Gasteiger charge is -2.37. The molecule has 2 aromatic carbocycles. The van der Waals surface area contributed by atoms with Crippen molar-refractivity contribution in [1.29, 1.82) is 0 Å². The van der Waals surface area contributed by atoms with Gasteiger partial charge in [0.15, 0.2) is 0 Å². The van der Waals surface area contributed by atoms with Gasteiger partial charge in [-0.15, -0.1) is 0 Å². The second-order valence-corrected chi connectivity index (χ2v) is 8.08. The summed E-state index contributed by atoms with van der Waals surface area (Å²) in [6.07, 6.45) is 2.07. The fraction of sp³-hybridized carbons (Fsp3) is 0.308. The summed E-state index contributed by atoms with van der Waals surface area (Å²) in [5.41, 5.74) is 2.77. The first kappa shape index (κ1) is 22.9. The van der Waals surface area contributed by atoms with E-state index in [9.17, 15) is 9.18 Å². The number of halogens is 1. The molecule has 0 atom stereocenters. The number of nitrogens with one attached hydrogen (secondary N) is 1. The first-order valence-corrected chi connectivity index (χ1v) is 11.0. The Morgan fingerprint density at radius 1 is 1.15 bits per heavy atom.